The molecule has 1 aromatic carbocycles. The van der Waals surface area contributed by atoms with E-state index >= 15 is 0 Å². The number of carbonyl (C=O) groups is 1. The van der Waals surface area contributed by atoms with Gasteiger partial charge in [0.25, 0.3) is 0 Å². The fourth-order valence-electron chi connectivity index (χ4n) is 1.94. The largest absolute Gasteiger partial charge is 0.349 e. The molecule has 1 aromatic rings. The first kappa shape index (κ1) is 14.7. The van der Waals surface area contributed by atoms with Gasteiger partial charge in [-0.05, 0) is 12.0 Å². The highest BCUT2D eigenvalue weighted by atomic mass is 16.2. The average Bonchev–Trinajstić information content (AvgIpc) is 2.38. The lowest BCUT2D eigenvalue weighted by Gasteiger charge is -2.19. The van der Waals surface area contributed by atoms with Crippen LogP contribution in [0.5, 0.6) is 0 Å². The minimum Gasteiger partial charge on any atom is -0.349 e. The van der Waals surface area contributed by atoms with Gasteiger partial charge in [-0.25, -0.2) is 0 Å². The first-order valence-electron chi connectivity index (χ1n) is 6.63. The van der Waals surface area contributed by atoms with Gasteiger partial charge in [0.15, 0.2) is 0 Å². The van der Waals surface area contributed by atoms with Crippen molar-refractivity contribution in [1.82, 2.24) is 10.2 Å². The van der Waals surface area contributed by atoms with Crippen molar-refractivity contribution in [3.05, 3.63) is 35.9 Å². The molecular weight excluding hydrogens is 224 g/mol. The predicted molar refractivity (Wildman–Crippen MR) is 75.4 cm³/mol. The van der Waals surface area contributed by atoms with Crippen molar-refractivity contribution in [3.8, 4) is 0 Å². The van der Waals surface area contributed by atoms with Crippen LogP contribution in [0.25, 0.3) is 0 Å². The van der Waals surface area contributed by atoms with Gasteiger partial charge >= 0.3 is 0 Å². The van der Waals surface area contributed by atoms with Crippen LogP contribution in [0.4, 0.5) is 0 Å². The molecule has 0 bridgehead atoms. The van der Waals surface area contributed by atoms with Gasteiger partial charge in [0.2, 0.25) is 5.91 Å². The maximum absolute atomic E-state index is 11.5. The van der Waals surface area contributed by atoms with E-state index in [1.165, 1.54) is 5.56 Å². The Labute approximate surface area is 110 Å². The molecule has 1 rings (SSSR count). The van der Waals surface area contributed by atoms with Crippen molar-refractivity contribution in [2.24, 2.45) is 0 Å². The van der Waals surface area contributed by atoms with Gasteiger partial charge in [0.1, 0.15) is 0 Å². The standard InChI is InChI=1S/C15H24N2O/c1-4-8-14(13-9-6-5-7-10-13)16-12-11-15(18)17(2)3/h5-7,9-10,14,16H,4,8,11-12H2,1-3H3. The van der Waals surface area contributed by atoms with Crippen molar-refractivity contribution in [2.75, 3.05) is 20.6 Å². The lowest BCUT2D eigenvalue weighted by Crippen LogP contribution is -2.29. The first-order valence-corrected chi connectivity index (χ1v) is 6.63. The summed E-state index contributed by atoms with van der Waals surface area (Å²) in [5, 5.41) is 3.48. The molecule has 0 heterocycles. The number of benzene rings is 1. The Balaban J connectivity index is 2.47. The van der Waals surface area contributed by atoms with E-state index in [1.807, 2.05) is 6.07 Å². The van der Waals surface area contributed by atoms with Crippen molar-refractivity contribution in [3.63, 3.8) is 0 Å². The summed E-state index contributed by atoms with van der Waals surface area (Å²) in [4.78, 5) is 13.1. The Morgan fingerprint density at radius 1 is 1.28 bits per heavy atom. The third-order valence-corrected chi connectivity index (χ3v) is 3.01. The molecule has 18 heavy (non-hydrogen) atoms. The fourth-order valence-corrected chi connectivity index (χ4v) is 1.94. The van der Waals surface area contributed by atoms with Crippen LogP contribution in [0.1, 0.15) is 37.8 Å². The van der Waals surface area contributed by atoms with E-state index in [4.69, 9.17) is 0 Å². The van der Waals surface area contributed by atoms with E-state index in [1.54, 1.807) is 19.0 Å². The van der Waals surface area contributed by atoms with Gasteiger partial charge in [-0.2, -0.15) is 0 Å². The summed E-state index contributed by atoms with van der Waals surface area (Å²) in [5.74, 6) is 0.172. The zero-order valence-electron chi connectivity index (χ0n) is 11.6. The minimum atomic E-state index is 0.172. The Hall–Kier alpha value is -1.35. The topological polar surface area (TPSA) is 32.3 Å². The molecule has 1 unspecified atom stereocenters. The second-order valence-corrected chi connectivity index (χ2v) is 4.74. The zero-order chi connectivity index (χ0) is 13.4. The molecule has 0 radical (unpaired) electrons. The fraction of sp³-hybridized carbons (Fsp3) is 0.533. The molecule has 0 spiro atoms. The molecule has 0 fully saturated rings. The normalized spacial score (nSPS) is 12.2. The molecule has 0 aliphatic carbocycles. The quantitative estimate of drug-likeness (QED) is 0.804. The van der Waals surface area contributed by atoms with Crippen LogP contribution >= 0.6 is 0 Å². The summed E-state index contributed by atoms with van der Waals surface area (Å²) in [6.45, 7) is 2.92. The Bertz CT molecular complexity index is 349. The number of hydrogen-bond acceptors (Lipinski definition) is 2. The predicted octanol–water partition coefficient (Wildman–Crippen LogP) is 2.60. The van der Waals surface area contributed by atoms with Crippen LogP contribution in [0.3, 0.4) is 0 Å². The van der Waals surface area contributed by atoms with Crippen LogP contribution in [-0.4, -0.2) is 31.4 Å². The van der Waals surface area contributed by atoms with Gasteiger partial charge in [-0.3, -0.25) is 4.79 Å². The molecule has 3 heteroatoms. The van der Waals surface area contributed by atoms with E-state index in [9.17, 15) is 4.79 Å². The van der Waals surface area contributed by atoms with Crippen LogP contribution in [0.2, 0.25) is 0 Å². The van der Waals surface area contributed by atoms with E-state index in [-0.39, 0.29) is 5.91 Å². The van der Waals surface area contributed by atoms with Crippen LogP contribution in [0, 0.1) is 0 Å². The molecule has 0 aromatic heterocycles. The summed E-state index contributed by atoms with van der Waals surface area (Å²) in [7, 11) is 3.59. The summed E-state index contributed by atoms with van der Waals surface area (Å²) in [6, 6.07) is 10.8. The van der Waals surface area contributed by atoms with E-state index in [2.05, 4.69) is 36.5 Å². The molecule has 0 aliphatic rings. The SMILES string of the molecule is CCCC(NCCC(=O)N(C)C)c1ccccc1. The number of rotatable bonds is 7. The smallest absolute Gasteiger partial charge is 0.223 e. The highest BCUT2D eigenvalue weighted by molar-refractivity contribution is 5.75. The summed E-state index contributed by atoms with van der Waals surface area (Å²) >= 11 is 0. The highest BCUT2D eigenvalue weighted by Gasteiger charge is 2.10. The molecule has 100 valence electrons. The van der Waals surface area contributed by atoms with Crippen molar-refractivity contribution >= 4 is 5.91 Å². The van der Waals surface area contributed by atoms with Crippen molar-refractivity contribution < 1.29 is 4.79 Å². The summed E-state index contributed by atoms with van der Waals surface area (Å²) in [6.07, 6.45) is 2.79. The molecule has 1 atom stereocenters. The molecule has 1 N–H and O–H groups in total. The second kappa shape index (κ2) is 7.88. The van der Waals surface area contributed by atoms with Gasteiger partial charge in [0.05, 0.1) is 0 Å². The van der Waals surface area contributed by atoms with E-state index in [0.29, 0.717) is 12.5 Å². The number of hydrogen-bond donors (Lipinski definition) is 1. The molecule has 0 aliphatic heterocycles. The van der Waals surface area contributed by atoms with E-state index < -0.39 is 0 Å². The van der Waals surface area contributed by atoms with Crippen LogP contribution in [0.15, 0.2) is 30.3 Å². The van der Waals surface area contributed by atoms with Gasteiger partial charge in [-0.15, -0.1) is 0 Å². The summed E-state index contributed by atoms with van der Waals surface area (Å²) < 4.78 is 0. The van der Waals surface area contributed by atoms with Gasteiger partial charge < -0.3 is 10.2 Å². The minimum absolute atomic E-state index is 0.172. The van der Waals surface area contributed by atoms with Gasteiger partial charge in [-0.1, -0.05) is 43.7 Å². The molecule has 3 nitrogen and oxygen atoms in total. The Morgan fingerprint density at radius 2 is 1.94 bits per heavy atom. The number of amides is 1. The lowest BCUT2D eigenvalue weighted by atomic mass is 10.0. The number of nitrogens with one attached hydrogen (secondary N) is 1. The number of carbonyl (C=O) groups excluding carboxylic acids is 1. The average molecular weight is 248 g/mol. The monoisotopic (exact) mass is 248 g/mol. The lowest BCUT2D eigenvalue weighted by molar-refractivity contribution is -0.128. The Morgan fingerprint density at radius 3 is 2.50 bits per heavy atom. The number of nitrogens with zero attached hydrogens (tertiary/aromatic N) is 1. The molecule has 1 amide bonds. The first-order chi connectivity index (χ1) is 8.65. The van der Waals surface area contributed by atoms with Crippen LogP contribution < -0.4 is 5.32 Å². The Kier molecular flexibility index (Phi) is 6.44. The van der Waals surface area contributed by atoms with Gasteiger partial charge in [0, 0.05) is 33.1 Å². The van der Waals surface area contributed by atoms with Crippen LogP contribution in [-0.2, 0) is 4.79 Å². The highest BCUT2D eigenvalue weighted by Crippen LogP contribution is 2.17. The maximum Gasteiger partial charge on any atom is 0.223 e. The summed E-state index contributed by atoms with van der Waals surface area (Å²) in [5.41, 5.74) is 1.30. The second-order valence-electron chi connectivity index (χ2n) is 4.74. The molecule has 0 saturated heterocycles. The molecule has 0 saturated carbocycles. The van der Waals surface area contributed by atoms with Crippen molar-refractivity contribution in [1.29, 1.82) is 0 Å². The third kappa shape index (κ3) is 4.88. The third-order valence-electron chi connectivity index (χ3n) is 3.01. The zero-order valence-corrected chi connectivity index (χ0v) is 11.6. The van der Waals surface area contributed by atoms with Crippen molar-refractivity contribution in [2.45, 2.75) is 32.2 Å². The van der Waals surface area contributed by atoms with E-state index in [0.717, 1.165) is 19.4 Å². The maximum atomic E-state index is 11.5. The molecular formula is C15H24N2O.